The molecule has 0 saturated carbocycles. The quantitative estimate of drug-likeness (QED) is 0.712. The second-order valence-corrected chi connectivity index (χ2v) is 5.53. The number of rotatable bonds is 0. The fraction of sp³-hybridized carbons (Fsp3) is 0.182. The van der Waals surface area contributed by atoms with Gasteiger partial charge in [-0.05, 0) is 27.5 Å². The molecule has 0 aromatic heterocycles. The second kappa shape index (κ2) is 4.54. The van der Waals surface area contributed by atoms with Crippen LogP contribution in [0.25, 0.3) is 5.82 Å². The average Bonchev–Trinajstić information content (AvgIpc) is 2.52. The van der Waals surface area contributed by atoms with Crippen molar-refractivity contribution in [3.05, 3.63) is 37.3 Å². The summed E-state index contributed by atoms with van der Waals surface area (Å²) in [6, 6.07) is 0. The minimum Gasteiger partial charge on any atom is -0.440 e. The van der Waals surface area contributed by atoms with E-state index in [2.05, 4.69) is 26.2 Å². The third-order valence-electron chi connectivity index (χ3n) is 2.82. The van der Waals surface area contributed by atoms with E-state index in [0.29, 0.717) is 23.1 Å². The zero-order valence-corrected chi connectivity index (χ0v) is 12.7. The Morgan fingerprint density at radius 1 is 1.53 bits per heavy atom. The topological polar surface area (TPSA) is 36.9 Å². The predicted octanol–water partition coefficient (Wildman–Crippen LogP) is 1.85. The lowest BCUT2D eigenvalue weighted by Crippen LogP contribution is -2.43. The highest BCUT2D eigenvalue weighted by Gasteiger charge is 2.25. The van der Waals surface area contributed by atoms with E-state index < -0.39 is 5.82 Å². The third-order valence-corrected chi connectivity index (χ3v) is 4.34. The monoisotopic (exact) mass is 365 g/mol. The van der Waals surface area contributed by atoms with Crippen molar-refractivity contribution in [3.63, 3.8) is 0 Å². The number of benzene rings is 1. The molecule has 100 valence electrons. The van der Waals surface area contributed by atoms with Gasteiger partial charge in [0.05, 0.1) is 26.3 Å². The second-order valence-electron chi connectivity index (χ2n) is 3.98. The maximum Gasteiger partial charge on any atom is 0.210 e. The molecule has 0 radical (unpaired) electrons. The molecule has 4 nitrogen and oxygen atoms in total. The summed E-state index contributed by atoms with van der Waals surface area (Å²) in [7, 11) is 1.77. The normalized spacial score (nSPS) is 16.8. The lowest BCUT2D eigenvalue weighted by Gasteiger charge is -2.20. The van der Waals surface area contributed by atoms with Gasteiger partial charge in [0.25, 0.3) is 0 Å². The van der Waals surface area contributed by atoms with Gasteiger partial charge in [-0.1, -0.05) is 11.6 Å². The average molecular weight is 367 g/mol. The van der Waals surface area contributed by atoms with Gasteiger partial charge in [0, 0.05) is 7.05 Å². The molecule has 2 aliphatic heterocycles. The smallest absolute Gasteiger partial charge is 0.210 e. The Hall–Kier alpha value is -0.980. The van der Waals surface area contributed by atoms with Crippen molar-refractivity contribution in [1.82, 2.24) is 10.2 Å². The van der Waals surface area contributed by atoms with Crippen LogP contribution in [0.15, 0.2) is 20.9 Å². The standard InChI is InChI=1S/C11H7BrCl2FN3O/c1-18-2-4(13)19-10-5-9(16-3-17-11(5)18)7(14)6(12)8(10)15/h2,17H,3H2,1H3. The lowest BCUT2D eigenvalue weighted by molar-refractivity contribution is 0.416. The van der Waals surface area contributed by atoms with E-state index in [-0.39, 0.29) is 20.5 Å². The van der Waals surface area contributed by atoms with Gasteiger partial charge < -0.3 is 15.0 Å². The Labute approximate surface area is 126 Å². The lowest BCUT2D eigenvalue weighted by atomic mass is 10.2. The molecule has 0 saturated heterocycles. The minimum absolute atomic E-state index is 0.00262. The van der Waals surface area contributed by atoms with Crippen LogP contribution in [-0.4, -0.2) is 18.6 Å². The molecule has 3 rings (SSSR count). The molecule has 0 unspecified atom stereocenters. The Bertz CT molecular complexity index is 735. The van der Waals surface area contributed by atoms with Gasteiger partial charge >= 0.3 is 0 Å². The Balaban J connectivity index is 2.54. The first-order valence-electron chi connectivity index (χ1n) is 5.28. The fourth-order valence-corrected chi connectivity index (χ4v) is 2.84. The number of halogens is 4. The number of nitrogens with one attached hydrogen (secondary N) is 1. The van der Waals surface area contributed by atoms with Crippen LogP contribution >= 0.6 is 39.1 Å². The van der Waals surface area contributed by atoms with Gasteiger partial charge in [-0.15, -0.1) is 0 Å². The van der Waals surface area contributed by atoms with Gasteiger partial charge in [0.1, 0.15) is 12.5 Å². The first kappa shape index (κ1) is 13.0. The molecule has 2 heterocycles. The van der Waals surface area contributed by atoms with Crippen LogP contribution in [0.1, 0.15) is 0 Å². The van der Waals surface area contributed by atoms with E-state index in [9.17, 15) is 4.39 Å². The zero-order valence-electron chi connectivity index (χ0n) is 9.60. The zero-order chi connectivity index (χ0) is 13.7. The first-order chi connectivity index (χ1) is 9.00. The summed E-state index contributed by atoms with van der Waals surface area (Å²) in [5.74, 6) is 0.0359. The van der Waals surface area contributed by atoms with Crippen molar-refractivity contribution in [2.45, 2.75) is 0 Å². The van der Waals surface area contributed by atoms with E-state index in [4.69, 9.17) is 27.9 Å². The van der Waals surface area contributed by atoms with Gasteiger partial charge in [-0.3, -0.25) is 4.99 Å². The highest BCUT2D eigenvalue weighted by molar-refractivity contribution is 9.10. The molecule has 1 aromatic carbocycles. The Morgan fingerprint density at radius 3 is 3.00 bits per heavy atom. The summed E-state index contributed by atoms with van der Waals surface area (Å²) >= 11 is 15.1. The van der Waals surface area contributed by atoms with Gasteiger partial charge in [0.2, 0.25) is 5.22 Å². The molecular formula is C11H7BrCl2FN3O. The van der Waals surface area contributed by atoms with Gasteiger partial charge in [-0.2, -0.15) is 0 Å². The molecule has 1 aromatic rings. The van der Waals surface area contributed by atoms with Crippen molar-refractivity contribution in [1.29, 1.82) is 0 Å². The predicted molar refractivity (Wildman–Crippen MR) is 73.6 cm³/mol. The van der Waals surface area contributed by atoms with Crippen LogP contribution in [0.4, 0.5) is 4.39 Å². The molecule has 19 heavy (non-hydrogen) atoms. The summed E-state index contributed by atoms with van der Waals surface area (Å²) in [6.07, 6.45) is 1.54. The number of nitrogens with zero attached hydrogens (tertiary/aromatic N) is 2. The van der Waals surface area contributed by atoms with Crippen molar-refractivity contribution < 1.29 is 9.13 Å². The number of hydrogen-bond donors (Lipinski definition) is 1. The van der Waals surface area contributed by atoms with Gasteiger partial charge in [0.15, 0.2) is 11.6 Å². The molecule has 0 atom stereocenters. The van der Waals surface area contributed by atoms with E-state index in [1.165, 1.54) is 0 Å². The van der Waals surface area contributed by atoms with Crippen molar-refractivity contribution in [3.8, 4) is 5.75 Å². The highest BCUT2D eigenvalue weighted by Crippen LogP contribution is 2.30. The maximum absolute atomic E-state index is 14.3. The fourth-order valence-electron chi connectivity index (χ4n) is 2.01. The van der Waals surface area contributed by atoms with Crippen LogP contribution in [0.5, 0.6) is 5.75 Å². The summed E-state index contributed by atoms with van der Waals surface area (Å²) in [6.45, 7) is 0.343. The molecular weight excluding hydrogens is 360 g/mol. The van der Waals surface area contributed by atoms with Crippen molar-refractivity contribution in [2.75, 3.05) is 13.7 Å². The van der Waals surface area contributed by atoms with Crippen LogP contribution in [-0.2, 0) is 0 Å². The molecule has 1 N–H and O–H groups in total. The molecule has 0 bridgehead atoms. The summed E-state index contributed by atoms with van der Waals surface area (Å²) in [4.78, 5) is 5.96. The van der Waals surface area contributed by atoms with Crippen LogP contribution in [0.2, 0.25) is 5.02 Å². The molecule has 0 amide bonds. The number of hydrogen-bond acceptors (Lipinski definition) is 4. The van der Waals surface area contributed by atoms with Crippen molar-refractivity contribution in [2.24, 2.45) is 4.99 Å². The van der Waals surface area contributed by atoms with Crippen LogP contribution < -0.4 is 20.6 Å². The van der Waals surface area contributed by atoms with E-state index in [1.807, 2.05) is 0 Å². The molecule has 0 aliphatic carbocycles. The van der Waals surface area contributed by atoms with E-state index >= 15 is 0 Å². The summed E-state index contributed by atoms with van der Waals surface area (Å²) < 4.78 is 19.7. The first-order valence-corrected chi connectivity index (χ1v) is 6.82. The Kier molecular flexibility index (Phi) is 3.11. The van der Waals surface area contributed by atoms with E-state index in [0.717, 1.165) is 0 Å². The highest BCUT2D eigenvalue weighted by atomic mass is 79.9. The molecule has 0 fully saturated rings. The molecule has 2 aliphatic rings. The van der Waals surface area contributed by atoms with Crippen LogP contribution in [0, 0.1) is 5.82 Å². The van der Waals surface area contributed by atoms with Gasteiger partial charge in [-0.25, -0.2) is 4.39 Å². The maximum atomic E-state index is 14.3. The minimum atomic E-state index is -0.609. The third kappa shape index (κ3) is 1.89. The summed E-state index contributed by atoms with van der Waals surface area (Å²) in [5.41, 5.74) is 0. The molecule has 8 heteroatoms. The Morgan fingerprint density at radius 2 is 2.26 bits per heavy atom. The van der Waals surface area contributed by atoms with Crippen LogP contribution in [0.3, 0.4) is 0 Å². The molecule has 0 spiro atoms. The van der Waals surface area contributed by atoms with Crippen molar-refractivity contribution >= 4 is 45.0 Å². The summed E-state index contributed by atoms with van der Waals surface area (Å²) in [5, 5.41) is 4.26. The largest absolute Gasteiger partial charge is 0.440 e. The number of ether oxygens (including phenoxy) is 1. The van der Waals surface area contributed by atoms with E-state index in [1.54, 1.807) is 18.1 Å². The SMILES string of the molecule is CN1C=C(Cl)Oc2c(F)c(Br)c(Cl)c3c2=C1NCN=3.